The molecule has 0 radical (unpaired) electrons. The van der Waals surface area contributed by atoms with Crippen molar-refractivity contribution >= 4 is 20.8 Å². The highest BCUT2D eigenvalue weighted by molar-refractivity contribution is 7.89. The molecule has 0 aliphatic rings. The predicted octanol–water partition coefficient (Wildman–Crippen LogP) is 2.92. The summed E-state index contributed by atoms with van der Waals surface area (Å²) in [5.74, 6) is 1.14. The molecular formula is C16H21NO3S. The Morgan fingerprint density at radius 2 is 1.81 bits per heavy atom. The zero-order valence-electron chi connectivity index (χ0n) is 12.2. The summed E-state index contributed by atoms with van der Waals surface area (Å²) in [7, 11) is -3.36. The van der Waals surface area contributed by atoms with E-state index in [0.29, 0.717) is 13.0 Å². The molecule has 0 saturated heterocycles. The van der Waals surface area contributed by atoms with Crippen LogP contribution in [0.25, 0.3) is 10.8 Å². The molecule has 0 bridgehead atoms. The van der Waals surface area contributed by atoms with Gasteiger partial charge in [0, 0.05) is 0 Å². The van der Waals surface area contributed by atoms with Gasteiger partial charge in [0.25, 0.3) is 0 Å². The average Bonchev–Trinajstić information content (AvgIpc) is 2.44. The molecule has 2 aromatic rings. The van der Waals surface area contributed by atoms with Crippen molar-refractivity contribution in [3.05, 3.63) is 42.5 Å². The van der Waals surface area contributed by atoms with Crippen LogP contribution in [-0.2, 0) is 10.0 Å². The minimum Gasteiger partial charge on any atom is -0.494 e. The zero-order valence-corrected chi connectivity index (χ0v) is 13.0. The van der Waals surface area contributed by atoms with Gasteiger partial charge in [-0.15, -0.1) is 0 Å². The number of sulfonamides is 1. The maximum atomic E-state index is 10.9. The van der Waals surface area contributed by atoms with Crippen LogP contribution < -0.4 is 9.88 Å². The topological polar surface area (TPSA) is 69.4 Å². The molecule has 4 nitrogen and oxygen atoms in total. The summed E-state index contributed by atoms with van der Waals surface area (Å²) < 4.78 is 27.5. The van der Waals surface area contributed by atoms with E-state index in [1.54, 1.807) is 0 Å². The van der Waals surface area contributed by atoms with Crippen LogP contribution in [0.15, 0.2) is 42.5 Å². The second-order valence-corrected chi connectivity index (χ2v) is 7.14. The van der Waals surface area contributed by atoms with E-state index in [2.05, 4.69) is 12.1 Å². The molecule has 5 heteroatoms. The van der Waals surface area contributed by atoms with Gasteiger partial charge in [-0.25, -0.2) is 13.6 Å². The van der Waals surface area contributed by atoms with E-state index < -0.39 is 10.0 Å². The van der Waals surface area contributed by atoms with Gasteiger partial charge in [0.05, 0.1) is 12.4 Å². The highest BCUT2D eigenvalue weighted by Crippen LogP contribution is 2.21. The van der Waals surface area contributed by atoms with Gasteiger partial charge in [0.1, 0.15) is 5.75 Å². The third-order valence-corrected chi connectivity index (χ3v) is 4.30. The first-order valence-corrected chi connectivity index (χ1v) is 8.78. The van der Waals surface area contributed by atoms with E-state index in [1.807, 2.05) is 37.3 Å². The fourth-order valence-corrected chi connectivity index (χ4v) is 2.88. The van der Waals surface area contributed by atoms with E-state index in [0.717, 1.165) is 17.6 Å². The molecule has 0 fully saturated rings. The summed E-state index contributed by atoms with van der Waals surface area (Å²) in [6, 6.07) is 14.1. The van der Waals surface area contributed by atoms with Crippen LogP contribution in [0.5, 0.6) is 5.75 Å². The molecule has 2 rings (SSSR count). The molecule has 0 saturated carbocycles. The largest absolute Gasteiger partial charge is 0.494 e. The molecular weight excluding hydrogens is 286 g/mol. The third-order valence-electron chi connectivity index (χ3n) is 3.50. The fraction of sp³-hybridized carbons (Fsp3) is 0.375. The van der Waals surface area contributed by atoms with Crippen molar-refractivity contribution in [3.63, 3.8) is 0 Å². The molecule has 0 heterocycles. The van der Waals surface area contributed by atoms with Crippen molar-refractivity contribution in [1.82, 2.24) is 0 Å². The molecule has 21 heavy (non-hydrogen) atoms. The number of rotatable bonds is 7. The first-order chi connectivity index (χ1) is 9.94. The van der Waals surface area contributed by atoms with Crippen LogP contribution in [-0.4, -0.2) is 20.8 Å². The molecule has 0 aliphatic carbocycles. The quantitative estimate of drug-likeness (QED) is 0.855. The molecule has 0 spiro atoms. The summed E-state index contributed by atoms with van der Waals surface area (Å²) >= 11 is 0. The van der Waals surface area contributed by atoms with Crippen LogP contribution in [0.4, 0.5) is 0 Å². The number of hydrogen-bond donors (Lipinski definition) is 1. The molecule has 0 aliphatic heterocycles. The number of ether oxygens (including phenoxy) is 1. The minimum atomic E-state index is -3.36. The number of fused-ring (bicyclic) bond motifs is 1. The van der Waals surface area contributed by atoms with Gasteiger partial charge < -0.3 is 4.74 Å². The van der Waals surface area contributed by atoms with Crippen molar-refractivity contribution in [1.29, 1.82) is 0 Å². The normalized spacial score (nSPS) is 13.2. The van der Waals surface area contributed by atoms with Gasteiger partial charge in [0.2, 0.25) is 10.0 Å². The molecule has 0 aromatic heterocycles. The van der Waals surface area contributed by atoms with Crippen molar-refractivity contribution in [3.8, 4) is 5.75 Å². The van der Waals surface area contributed by atoms with E-state index in [4.69, 9.17) is 9.88 Å². The highest BCUT2D eigenvalue weighted by atomic mass is 32.2. The standard InChI is InChI=1S/C16H21NO3S/c1-13(9-11-21(17,18)19)8-10-20-16-7-6-14-4-2-3-5-15(14)12-16/h2-7,12-13H,8-11H2,1H3,(H2,17,18,19). The van der Waals surface area contributed by atoms with E-state index in [1.165, 1.54) is 5.39 Å². The summed E-state index contributed by atoms with van der Waals surface area (Å²) in [5, 5.41) is 7.33. The Bertz CT molecular complexity index is 697. The van der Waals surface area contributed by atoms with Gasteiger partial charge in [-0.3, -0.25) is 0 Å². The van der Waals surface area contributed by atoms with E-state index in [-0.39, 0.29) is 11.7 Å². The average molecular weight is 307 g/mol. The molecule has 2 N–H and O–H groups in total. The Morgan fingerprint density at radius 3 is 2.52 bits per heavy atom. The monoisotopic (exact) mass is 307 g/mol. The van der Waals surface area contributed by atoms with Crippen molar-refractivity contribution in [2.75, 3.05) is 12.4 Å². The van der Waals surface area contributed by atoms with Gasteiger partial charge in [-0.05, 0) is 41.7 Å². The number of hydrogen-bond acceptors (Lipinski definition) is 3. The smallest absolute Gasteiger partial charge is 0.209 e. The zero-order chi connectivity index (χ0) is 15.3. The van der Waals surface area contributed by atoms with Crippen LogP contribution in [0.1, 0.15) is 19.8 Å². The lowest BCUT2D eigenvalue weighted by Crippen LogP contribution is -2.18. The Morgan fingerprint density at radius 1 is 1.10 bits per heavy atom. The number of nitrogens with two attached hydrogens (primary N) is 1. The van der Waals surface area contributed by atoms with Crippen LogP contribution in [0.2, 0.25) is 0 Å². The third kappa shape index (κ3) is 5.36. The van der Waals surface area contributed by atoms with Crippen LogP contribution >= 0.6 is 0 Å². The van der Waals surface area contributed by atoms with Crippen LogP contribution in [0, 0.1) is 5.92 Å². The van der Waals surface area contributed by atoms with Crippen molar-refractivity contribution in [2.45, 2.75) is 19.8 Å². The maximum Gasteiger partial charge on any atom is 0.209 e. The SMILES string of the molecule is CC(CCOc1ccc2ccccc2c1)CCS(N)(=O)=O. The van der Waals surface area contributed by atoms with Crippen LogP contribution in [0.3, 0.4) is 0 Å². The molecule has 1 unspecified atom stereocenters. The highest BCUT2D eigenvalue weighted by Gasteiger charge is 2.08. The maximum absolute atomic E-state index is 10.9. The number of primary sulfonamides is 1. The molecule has 1 atom stereocenters. The predicted molar refractivity (Wildman–Crippen MR) is 85.8 cm³/mol. The lowest BCUT2D eigenvalue weighted by atomic mass is 10.1. The Kier molecular flexibility index (Phi) is 5.20. The summed E-state index contributed by atoms with van der Waals surface area (Å²) in [6.07, 6.45) is 1.38. The Labute approximate surface area is 126 Å². The molecule has 2 aromatic carbocycles. The second-order valence-electron chi connectivity index (χ2n) is 5.41. The van der Waals surface area contributed by atoms with Gasteiger partial charge in [-0.2, -0.15) is 0 Å². The van der Waals surface area contributed by atoms with Gasteiger partial charge in [-0.1, -0.05) is 37.3 Å². The van der Waals surface area contributed by atoms with Crippen molar-refractivity contribution < 1.29 is 13.2 Å². The Hall–Kier alpha value is -1.59. The summed E-state index contributed by atoms with van der Waals surface area (Å²) in [5.41, 5.74) is 0. The second kappa shape index (κ2) is 6.91. The molecule has 0 amide bonds. The number of benzene rings is 2. The van der Waals surface area contributed by atoms with Gasteiger partial charge >= 0.3 is 0 Å². The lowest BCUT2D eigenvalue weighted by molar-refractivity contribution is 0.282. The summed E-state index contributed by atoms with van der Waals surface area (Å²) in [4.78, 5) is 0. The Balaban J connectivity index is 1.82. The first-order valence-electron chi connectivity index (χ1n) is 7.06. The van der Waals surface area contributed by atoms with Crippen molar-refractivity contribution in [2.24, 2.45) is 11.1 Å². The van der Waals surface area contributed by atoms with E-state index in [9.17, 15) is 8.42 Å². The van der Waals surface area contributed by atoms with Gasteiger partial charge in [0.15, 0.2) is 0 Å². The summed E-state index contributed by atoms with van der Waals surface area (Å²) in [6.45, 7) is 2.58. The lowest BCUT2D eigenvalue weighted by Gasteiger charge is -2.12. The van der Waals surface area contributed by atoms with E-state index >= 15 is 0 Å². The molecule has 114 valence electrons. The first kappa shape index (κ1) is 15.8. The fourth-order valence-electron chi connectivity index (χ4n) is 2.14. The minimum absolute atomic E-state index is 0.0319.